The van der Waals surface area contributed by atoms with Crippen molar-refractivity contribution in [3.63, 3.8) is 0 Å². The van der Waals surface area contributed by atoms with Crippen molar-refractivity contribution in [3.8, 4) is 6.07 Å². The Morgan fingerprint density at radius 3 is 2.59 bits per heavy atom. The number of carbonyl (C=O) groups excluding carboxylic acids is 1. The maximum Gasteiger partial charge on any atom is 0.260 e. The van der Waals surface area contributed by atoms with Crippen LogP contribution in [0, 0.1) is 18.3 Å². The van der Waals surface area contributed by atoms with E-state index in [1.807, 2.05) is 43.3 Å². The molecule has 1 aromatic heterocycles. The second-order valence-corrected chi connectivity index (χ2v) is 8.75. The van der Waals surface area contributed by atoms with Crippen molar-refractivity contribution >= 4 is 33.9 Å². The van der Waals surface area contributed by atoms with E-state index in [0.717, 1.165) is 11.3 Å². The van der Waals surface area contributed by atoms with E-state index in [9.17, 15) is 14.9 Å². The van der Waals surface area contributed by atoms with Crippen LogP contribution >= 0.6 is 0 Å². The van der Waals surface area contributed by atoms with Gasteiger partial charge in [0, 0.05) is 24.0 Å². The number of rotatable bonds is 5. The van der Waals surface area contributed by atoms with Crippen LogP contribution in [0.2, 0.25) is 0 Å². The zero-order valence-electron chi connectivity index (χ0n) is 19.5. The lowest BCUT2D eigenvalue weighted by Crippen LogP contribution is -2.22. The second kappa shape index (κ2) is 8.83. The van der Waals surface area contributed by atoms with Gasteiger partial charge in [0.25, 0.3) is 11.5 Å². The van der Waals surface area contributed by atoms with Crippen molar-refractivity contribution in [2.45, 2.75) is 26.2 Å². The number of aryl methyl sites for hydroxylation is 2. The van der Waals surface area contributed by atoms with E-state index < -0.39 is 5.41 Å². The van der Waals surface area contributed by atoms with E-state index >= 15 is 0 Å². The standard InChI is InChI=1S/C27H25N5O2/c1-17-12-13-18(30-25(33)19-8-5-6-10-21(19)27(2,3)15-28)14-23(17)31-22-11-7-9-20-24(22)29-16-32(4)26(20)34/h5-14,16,31H,1-4H3,(H,30,33). The average molecular weight is 452 g/mol. The summed E-state index contributed by atoms with van der Waals surface area (Å²) in [5.41, 5.74) is 3.82. The van der Waals surface area contributed by atoms with Gasteiger partial charge in [-0.1, -0.05) is 30.3 Å². The Labute approximate surface area is 197 Å². The molecule has 4 rings (SSSR count). The molecule has 0 aliphatic rings. The number of nitriles is 1. The van der Waals surface area contributed by atoms with E-state index in [2.05, 4.69) is 21.7 Å². The maximum absolute atomic E-state index is 13.1. The lowest BCUT2D eigenvalue weighted by atomic mass is 9.83. The second-order valence-electron chi connectivity index (χ2n) is 8.75. The van der Waals surface area contributed by atoms with Gasteiger partial charge in [0.15, 0.2) is 0 Å². The molecule has 0 aliphatic heterocycles. The summed E-state index contributed by atoms with van der Waals surface area (Å²) in [5, 5.41) is 16.4. The molecule has 0 saturated heterocycles. The third-order valence-electron chi connectivity index (χ3n) is 5.84. The summed E-state index contributed by atoms with van der Waals surface area (Å²) >= 11 is 0. The molecule has 4 aromatic rings. The van der Waals surface area contributed by atoms with Crippen molar-refractivity contribution < 1.29 is 4.79 Å². The quantitative estimate of drug-likeness (QED) is 0.443. The highest BCUT2D eigenvalue weighted by Gasteiger charge is 2.25. The molecular weight excluding hydrogens is 426 g/mol. The third-order valence-corrected chi connectivity index (χ3v) is 5.84. The Balaban J connectivity index is 1.66. The summed E-state index contributed by atoms with van der Waals surface area (Å²) in [7, 11) is 1.67. The number of aromatic nitrogens is 2. The van der Waals surface area contributed by atoms with Crippen LogP contribution in [0.4, 0.5) is 17.1 Å². The zero-order chi connectivity index (χ0) is 24.5. The number of hydrogen-bond acceptors (Lipinski definition) is 5. The van der Waals surface area contributed by atoms with Gasteiger partial charge in [-0.2, -0.15) is 5.26 Å². The number of nitrogens with zero attached hydrogens (tertiary/aromatic N) is 3. The average Bonchev–Trinajstić information content (AvgIpc) is 2.83. The predicted molar refractivity (Wildman–Crippen MR) is 134 cm³/mol. The van der Waals surface area contributed by atoms with Crippen LogP contribution in [-0.2, 0) is 12.5 Å². The lowest BCUT2D eigenvalue weighted by Gasteiger charge is -2.20. The van der Waals surface area contributed by atoms with Crippen LogP contribution in [0.15, 0.2) is 71.8 Å². The van der Waals surface area contributed by atoms with E-state index in [1.165, 1.54) is 10.9 Å². The van der Waals surface area contributed by atoms with Crippen molar-refractivity contribution in [2.75, 3.05) is 10.6 Å². The summed E-state index contributed by atoms with van der Waals surface area (Å²) in [6, 6.07) is 20.4. The summed E-state index contributed by atoms with van der Waals surface area (Å²) in [5.74, 6) is -0.288. The largest absolute Gasteiger partial charge is 0.353 e. The molecule has 3 aromatic carbocycles. The fraction of sp³-hybridized carbons (Fsp3) is 0.185. The van der Waals surface area contributed by atoms with Crippen molar-refractivity contribution in [2.24, 2.45) is 7.05 Å². The summed E-state index contributed by atoms with van der Waals surface area (Å²) in [6.07, 6.45) is 1.50. The van der Waals surface area contributed by atoms with Gasteiger partial charge >= 0.3 is 0 Å². The van der Waals surface area contributed by atoms with Crippen LogP contribution in [-0.4, -0.2) is 15.5 Å². The van der Waals surface area contributed by atoms with Gasteiger partial charge in [-0.25, -0.2) is 4.98 Å². The van der Waals surface area contributed by atoms with Gasteiger partial charge in [0.05, 0.1) is 28.9 Å². The first-order valence-electron chi connectivity index (χ1n) is 10.9. The highest BCUT2D eigenvalue weighted by Crippen LogP contribution is 2.29. The Hall–Kier alpha value is -4.44. The lowest BCUT2D eigenvalue weighted by molar-refractivity contribution is 0.102. The Kier molecular flexibility index (Phi) is 5.91. The molecule has 0 spiro atoms. The van der Waals surface area contributed by atoms with Crippen LogP contribution < -0.4 is 16.2 Å². The van der Waals surface area contributed by atoms with E-state index in [4.69, 9.17) is 0 Å². The Morgan fingerprint density at radius 1 is 1.06 bits per heavy atom. The number of nitrogens with one attached hydrogen (secondary N) is 2. The number of fused-ring (bicyclic) bond motifs is 1. The van der Waals surface area contributed by atoms with Crippen LogP contribution in [0.25, 0.3) is 10.9 Å². The van der Waals surface area contributed by atoms with Crippen molar-refractivity contribution in [3.05, 3.63) is 94.0 Å². The highest BCUT2D eigenvalue weighted by atomic mass is 16.1. The molecule has 0 atom stereocenters. The molecule has 7 nitrogen and oxygen atoms in total. The van der Waals surface area contributed by atoms with Gasteiger partial charge in [-0.15, -0.1) is 0 Å². The van der Waals surface area contributed by atoms with Crippen molar-refractivity contribution in [1.82, 2.24) is 9.55 Å². The molecular formula is C27H25N5O2. The molecule has 0 bridgehead atoms. The number of anilines is 3. The Morgan fingerprint density at radius 2 is 1.82 bits per heavy atom. The molecule has 34 heavy (non-hydrogen) atoms. The molecule has 2 N–H and O–H groups in total. The van der Waals surface area contributed by atoms with Crippen LogP contribution in [0.5, 0.6) is 0 Å². The van der Waals surface area contributed by atoms with Gasteiger partial charge < -0.3 is 15.2 Å². The summed E-state index contributed by atoms with van der Waals surface area (Å²) in [6.45, 7) is 5.54. The number of para-hydroxylation sites is 1. The first-order valence-corrected chi connectivity index (χ1v) is 10.9. The number of amides is 1. The van der Waals surface area contributed by atoms with Gasteiger partial charge in [0.2, 0.25) is 0 Å². The molecule has 7 heteroatoms. The van der Waals surface area contributed by atoms with Crippen LogP contribution in [0.1, 0.15) is 35.3 Å². The minimum absolute atomic E-state index is 0.120. The number of benzene rings is 3. The molecule has 0 radical (unpaired) electrons. The minimum atomic E-state index is -0.799. The molecule has 0 aliphatic carbocycles. The van der Waals surface area contributed by atoms with E-state index in [0.29, 0.717) is 33.4 Å². The number of hydrogen-bond donors (Lipinski definition) is 2. The van der Waals surface area contributed by atoms with Gasteiger partial charge in [-0.05, 0) is 62.2 Å². The Bertz CT molecular complexity index is 1510. The predicted octanol–water partition coefficient (Wildman–Crippen LogP) is 5.04. The molecule has 0 unspecified atom stereocenters. The molecule has 0 saturated carbocycles. The fourth-order valence-electron chi connectivity index (χ4n) is 3.81. The monoisotopic (exact) mass is 451 g/mol. The summed E-state index contributed by atoms with van der Waals surface area (Å²) < 4.78 is 1.44. The van der Waals surface area contributed by atoms with E-state index in [1.54, 1.807) is 45.2 Å². The smallest absolute Gasteiger partial charge is 0.260 e. The highest BCUT2D eigenvalue weighted by molar-refractivity contribution is 6.06. The topological polar surface area (TPSA) is 99.8 Å². The molecule has 1 heterocycles. The van der Waals surface area contributed by atoms with Gasteiger partial charge in [0.1, 0.15) is 5.52 Å². The number of carbonyl (C=O) groups is 1. The molecule has 0 fully saturated rings. The van der Waals surface area contributed by atoms with Gasteiger partial charge in [-0.3, -0.25) is 9.59 Å². The third kappa shape index (κ3) is 4.26. The zero-order valence-corrected chi connectivity index (χ0v) is 19.5. The molecule has 1 amide bonds. The first-order chi connectivity index (χ1) is 16.2. The fourth-order valence-corrected chi connectivity index (χ4v) is 3.81. The maximum atomic E-state index is 13.1. The van der Waals surface area contributed by atoms with E-state index in [-0.39, 0.29) is 11.5 Å². The normalized spacial score (nSPS) is 11.1. The summed E-state index contributed by atoms with van der Waals surface area (Å²) in [4.78, 5) is 30.0. The first kappa shape index (κ1) is 22.7. The SMILES string of the molecule is Cc1ccc(NC(=O)c2ccccc2C(C)(C)C#N)cc1Nc1cccc2c(=O)n(C)cnc12. The van der Waals surface area contributed by atoms with Crippen molar-refractivity contribution in [1.29, 1.82) is 5.26 Å². The van der Waals surface area contributed by atoms with Crippen LogP contribution in [0.3, 0.4) is 0 Å². The molecule has 170 valence electrons. The minimum Gasteiger partial charge on any atom is -0.353 e.